The number of halogens is 3. The molecule has 0 aliphatic carbocycles. The number of carbonyl (C=O) groups is 1. The quantitative estimate of drug-likeness (QED) is 0.554. The molecule has 1 atom stereocenters. The third-order valence-corrected chi connectivity index (χ3v) is 4.85. The van der Waals surface area contributed by atoms with Gasteiger partial charge in [-0.25, -0.2) is 0 Å². The molecule has 2 rings (SSSR count). The minimum Gasteiger partial charge on any atom is -0.496 e. The molecule has 0 saturated carbocycles. The van der Waals surface area contributed by atoms with Crippen molar-refractivity contribution in [3.63, 3.8) is 0 Å². The summed E-state index contributed by atoms with van der Waals surface area (Å²) in [4.78, 5) is 11.2. The first-order valence-electron chi connectivity index (χ1n) is 9.90. The van der Waals surface area contributed by atoms with Crippen LogP contribution < -0.4 is 14.8 Å². The Bertz CT molecular complexity index is 822. The number of aryl methyl sites for hydroxylation is 2. The zero-order valence-corrected chi connectivity index (χ0v) is 17.5. The lowest BCUT2D eigenvalue weighted by Crippen LogP contribution is -2.42. The summed E-state index contributed by atoms with van der Waals surface area (Å²) in [5.41, 5.74) is 2.96. The molecule has 2 aromatic carbocycles. The van der Waals surface area contributed by atoms with Crippen LogP contribution in [0.1, 0.15) is 36.5 Å². The lowest BCUT2D eigenvalue weighted by atomic mass is 9.98. The second-order valence-electron chi connectivity index (χ2n) is 7.24. The highest BCUT2D eigenvalue weighted by Gasteiger charge is 2.39. The normalized spacial score (nSPS) is 12.3. The fourth-order valence-electron chi connectivity index (χ4n) is 3.35. The van der Waals surface area contributed by atoms with Gasteiger partial charge in [-0.3, -0.25) is 4.79 Å². The molecule has 7 heteroatoms. The predicted octanol–water partition coefficient (Wildman–Crippen LogP) is 4.88. The minimum absolute atomic E-state index is 0.190. The molecule has 1 amide bonds. The Hall–Kier alpha value is -2.70. The van der Waals surface area contributed by atoms with Crippen LogP contribution in [0.2, 0.25) is 0 Å². The average Bonchev–Trinajstić information content (AvgIpc) is 2.71. The maximum atomic E-state index is 12.5. The van der Waals surface area contributed by atoms with Gasteiger partial charge in [0.25, 0.3) is 0 Å². The van der Waals surface area contributed by atoms with Crippen molar-refractivity contribution in [3.8, 4) is 11.5 Å². The van der Waals surface area contributed by atoms with Crippen LogP contribution >= 0.6 is 0 Å². The van der Waals surface area contributed by atoms with Crippen molar-refractivity contribution < 1.29 is 27.4 Å². The van der Waals surface area contributed by atoms with Gasteiger partial charge >= 0.3 is 12.1 Å². The number of amides is 1. The zero-order chi connectivity index (χ0) is 22.1. The van der Waals surface area contributed by atoms with Crippen LogP contribution in [0.5, 0.6) is 11.5 Å². The topological polar surface area (TPSA) is 47.6 Å². The number of hydrogen-bond acceptors (Lipinski definition) is 3. The lowest BCUT2D eigenvalue weighted by molar-refractivity contribution is -0.174. The van der Waals surface area contributed by atoms with Gasteiger partial charge in [-0.2, -0.15) is 13.2 Å². The molecule has 0 fully saturated rings. The molecule has 0 aliphatic heterocycles. The average molecular weight is 423 g/mol. The number of benzene rings is 2. The zero-order valence-electron chi connectivity index (χ0n) is 17.5. The number of alkyl halides is 3. The van der Waals surface area contributed by atoms with E-state index in [0.717, 1.165) is 31.2 Å². The van der Waals surface area contributed by atoms with Crippen LogP contribution in [-0.2, 0) is 24.1 Å². The standard InChI is InChI=1S/C23H28F3NO3/c1-16(27-22(28)23(24,25)26)13-19-15-20(29-2)18(14-21(19)30-3)12-8-7-11-17-9-5-4-6-10-17/h4-6,9-10,14-16H,7-8,11-13H2,1-3H3,(H,27,28). The molecule has 30 heavy (non-hydrogen) atoms. The van der Waals surface area contributed by atoms with Crippen molar-refractivity contribution in [2.24, 2.45) is 0 Å². The van der Waals surface area contributed by atoms with Crippen molar-refractivity contribution in [1.82, 2.24) is 5.32 Å². The van der Waals surface area contributed by atoms with E-state index in [1.54, 1.807) is 13.2 Å². The Morgan fingerprint density at radius 2 is 1.53 bits per heavy atom. The van der Waals surface area contributed by atoms with Crippen LogP contribution in [0.25, 0.3) is 0 Å². The third kappa shape index (κ3) is 6.97. The molecular weight excluding hydrogens is 395 g/mol. The van der Waals surface area contributed by atoms with Gasteiger partial charge < -0.3 is 14.8 Å². The first kappa shape index (κ1) is 23.6. The van der Waals surface area contributed by atoms with Gasteiger partial charge in [0.1, 0.15) is 11.5 Å². The van der Waals surface area contributed by atoms with Crippen molar-refractivity contribution in [2.75, 3.05) is 14.2 Å². The van der Waals surface area contributed by atoms with E-state index < -0.39 is 18.1 Å². The highest BCUT2D eigenvalue weighted by atomic mass is 19.4. The number of carbonyl (C=O) groups excluding carboxylic acids is 1. The monoisotopic (exact) mass is 423 g/mol. The molecule has 0 heterocycles. The fourth-order valence-corrected chi connectivity index (χ4v) is 3.35. The fraction of sp³-hybridized carbons (Fsp3) is 0.435. The Labute approximate surface area is 175 Å². The molecule has 0 bridgehead atoms. The number of rotatable bonds is 10. The molecule has 0 spiro atoms. The lowest BCUT2D eigenvalue weighted by Gasteiger charge is -2.19. The third-order valence-electron chi connectivity index (χ3n) is 4.85. The summed E-state index contributed by atoms with van der Waals surface area (Å²) in [5, 5.41) is 1.97. The van der Waals surface area contributed by atoms with Crippen molar-refractivity contribution in [2.45, 2.75) is 51.2 Å². The van der Waals surface area contributed by atoms with Crippen LogP contribution in [0, 0.1) is 0 Å². The molecule has 1 N–H and O–H groups in total. The highest BCUT2D eigenvalue weighted by molar-refractivity contribution is 5.81. The predicted molar refractivity (Wildman–Crippen MR) is 110 cm³/mol. The van der Waals surface area contributed by atoms with Crippen LogP contribution in [0.4, 0.5) is 13.2 Å². The van der Waals surface area contributed by atoms with E-state index in [9.17, 15) is 18.0 Å². The van der Waals surface area contributed by atoms with Crippen LogP contribution in [0.3, 0.4) is 0 Å². The Morgan fingerprint density at radius 1 is 0.967 bits per heavy atom. The molecule has 0 aromatic heterocycles. The Morgan fingerprint density at radius 3 is 2.13 bits per heavy atom. The van der Waals surface area contributed by atoms with Crippen LogP contribution in [0.15, 0.2) is 42.5 Å². The van der Waals surface area contributed by atoms with Crippen molar-refractivity contribution in [3.05, 3.63) is 59.2 Å². The maximum Gasteiger partial charge on any atom is 0.471 e. The van der Waals surface area contributed by atoms with Crippen molar-refractivity contribution in [1.29, 1.82) is 0 Å². The number of hydrogen-bond donors (Lipinski definition) is 1. The summed E-state index contributed by atoms with van der Waals surface area (Å²) in [6.45, 7) is 1.52. The van der Waals surface area contributed by atoms with E-state index in [1.165, 1.54) is 19.6 Å². The van der Waals surface area contributed by atoms with E-state index in [-0.39, 0.29) is 6.42 Å². The maximum absolute atomic E-state index is 12.5. The summed E-state index contributed by atoms with van der Waals surface area (Å²) in [7, 11) is 3.08. The second kappa shape index (κ2) is 10.9. The molecule has 164 valence electrons. The summed E-state index contributed by atoms with van der Waals surface area (Å²) in [6.07, 6.45) is -0.930. The molecule has 0 saturated heterocycles. The number of ether oxygens (including phenoxy) is 2. The Kier molecular flexibility index (Phi) is 8.57. The highest BCUT2D eigenvalue weighted by Crippen LogP contribution is 2.31. The number of unbranched alkanes of at least 4 members (excludes halogenated alkanes) is 1. The molecule has 0 radical (unpaired) electrons. The number of nitrogens with one attached hydrogen (secondary N) is 1. The second-order valence-corrected chi connectivity index (χ2v) is 7.24. The Balaban J connectivity index is 2.02. The molecule has 0 aliphatic rings. The van der Waals surface area contributed by atoms with E-state index in [1.807, 2.05) is 29.6 Å². The van der Waals surface area contributed by atoms with E-state index >= 15 is 0 Å². The first-order valence-corrected chi connectivity index (χ1v) is 9.90. The largest absolute Gasteiger partial charge is 0.496 e. The SMILES string of the molecule is COc1cc(CC(C)NC(=O)C(F)(F)F)c(OC)cc1CCCCc1ccccc1. The molecular formula is C23H28F3NO3. The van der Waals surface area contributed by atoms with E-state index in [2.05, 4.69) is 12.1 Å². The summed E-state index contributed by atoms with van der Waals surface area (Å²) in [5.74, 6) is -0.710. The van der Waals surface area contributed by atoms with Gasteiger partial charge in [-0.05, 0) is 67.9 Å². The van der Waals surface area contributed by atoms with E-state index in [4.69, 9.17) is 9.47 Å². The van der Waals surface area contributed by atoms with Gasteiger partial charge in [-0.15, -0.1) is 0 Å². The van der Waals surface area contributed by atoms with Gasteiger partial charge in [-0.1, -0.05) is 30.3 Å². The summed E-state index contributed by atoms with van der Waals surface area (Å²) in [6, 6.07) is 13.2. The van der Waals surface area contributed by atoms with Gasteiger partial charge in [0.15, 0.2) is 0 Å². The van der Waals surface area contributed by atoms with Gasteiger partial charge in [0.05, 0.1) is 14.2 Å². The smallest absolute Gasteiger partial charge is 0.471 e. The molecule has 4 nitrogen and oxygen atoms in total. The summed E-state index contributed by atoms with van der Waals surface area (Å²) < 4.78 is 48.3. The van der Waals surface area contributed by atoms with Crippen molar-refractivity contribution >= 4 is 5.91 Å². The first-order chi connectivity index (χ1) is 14.2. The molecule has 2 aromatic rings. The number of methoxy groups -OCH3 is 2. The van der Waals surface area contributed by atoms with Gasteiger partial charge in [0.2, 0.25) is 0 Å². The van der Waals surface area contributed by atoms with Gasteiger partial charge in [0, 0.05) is 6.04 Å². The van der Waals surface area contributed by atoms with E-state index in [0.29, 0.717) is 17.1 Å². The van der Waals surface area contributed by atoms with Crippen LogP contribution in [-0.4, -0.2) is 32.3 Å². The minimum atomic E-state index is -4.90. The molecule has 1 unspecified atom stereocenters. The summed E-state index contributed by atoms with van der Waals surface area (Å²) >= 11 is 0.